The predicted molar refractivity (Wildman–Crippen MR) is 96.9 cm³/mol. The second kappa shape index (κ2) is 8.11. The van der Waals surface area contributed by atoms with Gasteiger partial charge < -0.3 is 5.32 Å². The molecule has 2 aromatic carbocycles. The summed E-state index contributed by atoms with van der Waals surface area (Å²) in [5.41, 5.74) is 2.77. The van der Waals surface area contributed by atoms with E-state index < -0.39 is 5.91 Å². The molecule has 0 saturated carbocycles. The molecule has 0 aliphatic rings. The summed E-state index contributed by atoms with van der Waals surface area (Å²) in [4.78, 5) is 12.2. The highest BCUT2D eigenvalue weighted by Crippen LogP contribution is 2.16. The summed E-state index contributed by atoms with van der Waals surface area (Å²) in [7, 11) is 0. The van der Waals surface area contributed by atoms with Gasteiger partial charge in [0.1, 0.15) is 11.6 Å². The van der Waals surface area contributed by atoms with Crippen LogP contribution in [0.5, 0.6) is 0 Å². The van der Waals surface area contributed by atoms with Crippen molar-refractivity contribution < 1.29 is 4.79 Å². The lowest BCUT2D eigenvalue weighted by Gasteiger charge is -2.04. The van der Waals surface area contributed by atoms with Gasteiger partial charge in [0.15, 0.2) is 0 Å². The average Bonchev–Trinajstić information content (AvgIpc) is 2.55. The predicted octanol–water partition coefficient (Wildman–Crippen LogP) is 4.82. The highest BCUT2D eigenvalue weighted by atomic mass is 79.9. The Morgan fingerprint density at radius 2 is 1.78 bits per heavy atom. The number of carbonyl (C=O) groups excluding carboxylic acids is 1. The first kappa shape index (κ1) is 16.7. The molecule has 0 fully saturated rings. The summed E-state index contributed by atoms with van der Waals surface area (Å²) >= 11 is 3.37. The van der Waals surface area contributed by atoms with Gasteiger partial charge in [0.25, 0.3) is 5.91 Å². The molecule has 0 aliphatic carbocycles. The van der Waals surface area contributed by atoms with Crippen molar-refractivity contribution in [1.82, 2.24) is 0 Å². The number of carbonyl (C=O) groups is 1. The Hall–Kier alpha value is -2.64. The number of halogens is 1. The van der Waals surface area contributed by atoms with E-state index in [9.17, 15) is 10.1 Å². The molecule has 2 rings (SSSR count). The molecule has 0 aromatic heterocycles. The van der Waals surface area contributed by atoms with Crippen LogP contribution in [0.1, 0.15) is 11.1 Å². The lowest BCUT2D eigenvalue weighted by molar-refractivity contribution is -0.112. The van der Waals surface area contributed by atoms with E-state index in [1.165, 1.54) is 6.08 Å². The first-order valence-corrected chi connectivity index (χ1v) is 7.80. The molecule has 0 heterocycles. The molecule has 0 spiro atoms. The van der Waals surface area contributed by atoms with Gasteiger partial charge in [0.2, 0.25) is 0 Å². The summed E-state index contributed by atoms with van der Waals surface area (Å²) < 4.78 is 0.652. The zero-order valence-electron chi connectivity index (χ0n) is 12.6. The van der Waals surface area contributed by atoms with Gasteiger partial charge in [-0.05, 0) is 36.8 Å². The zero-order chi connectivity index (χ0) is 16.7. The van der Waals surface area contributed by atoms with Crippen molar-refractivity contribution in [3.63, 3.8) is 0 Å². The number of hydrogen-bond acceptors (Lipinski definition) is 2. The number of hydrogen-bond donors (Lipinski definition) is 1. The first-order valence-electron chi connectivity index (χ1n) is 7.00. The number of rotatable bonds is 4. The molecule has 0 saturated heterocycles. The lowest BCUT2D eigenvalue weighted by Crippen LogP contribution is -2.13. The number of anilines is 1. The molecule has 2 aromatic rings. The molecular weight excluding hydrogens is 352 g/mol. The molecule has 0 radical (unpaired) electrons. The average molecular weight is 367 g/mol. The van der Waals surface area contributed by atoms with Gasteiger partial charge in [0.05, 0.1) is 0 Å². The van der Waals surface area contributed by atoms with Crippen molar-refractivity contribution in [1.29, 1.82) is 5.26 Å². The third kappa shape index (κ3) is 5.24. The van der Waals surface area contributed by atoms with Crippen molar-refractivity contribution in [3.8, 4) is 6.07 Å². The molecule has 0 bridgehead atoms. The van der Waals surface area contributed by atoms with Crippen molar-refractivity contribution in [2.45, 2.75) is 6.92 Å². The number of nitrogens with zero attached hydrogens (tertiary/aromatic N) is 1. The van der Waals surface area contributed by atoms with E-state index in [1.807, 2.05) is 61.5 Å². The summed E-state index contributed by atoms with van der Waals surface area (Å²) in [5, 5.41) is 11.9. The smallest absolute Gasteiger partial charge is 0.266 e. The van der Waals surface area contributed by atoms with Crippen LogP contribution in [0.2, 0.25) is 0 Å². The largest absolute Gasteiger partial charge is 0.321 e. The second-order valence-electron chi connectivity index (χ2n) is 4.93. The Balaban J connectivity index is 2.15. The first-order chi connectivity index (χ1) is 11.1. The fourth-order valence-electron chi connectivity index (χ4n) is 1.87. The third-order valence-corrected chi connectivity index (χ3v) is 3.52. The molecule has 0 atom stereocenters. The van der Waals surface area contributed by atoms with Gasteiger partial charge in [-0.3, -0.25) is 4.79 Å². The Morgan fingerprint density at radius 1 is 1.13 bits per heavy atom. The van der Waals surface area contributed by atoms with Crippen LogP contribution < -0.4 is 5.32 Å². The maximum absolute atomic E-state index is 12.2. The van der Waals surface area contributed by atoms with E-state index in [2.05, 4.69) is 21.2 Å². The van der Waals surface area contributed by atoms with E-state index in [0.29, 0.717) is 10.2 Å². The zero-order valence-corrected chi connectivity index (χ0v) is 14.2. The molecule has 0 aliphatic heterocycles. The number of amides is 1. The molecule has 0 unspecified atom stereocenters. The lowest BCUT2D eigenvalue weighted by atomic mass is 10.2. The Bertz CT molecular complexity index is 784. The van der Waals surface area contributed by atoms with Crippen LogP contribution in [0.25, 0.3) is 6.08 Å². The molecule has 1 N–H and O–H groups in total. The highest BCUT2D eigenvalue weighted by Gasteiger charge is 2.09. The fourth-order valence-corrected chi connectivity index (χ4v) is 2.37. The van der Waals surface area contributed by atoms with Crippen LogP contribution in [0.15, 0.2) is 70.7 Å². The van der Waals surface area contributed by atoms with Crippen LogP contribution in [0, 0.1) is 18.3 Å². The van der Waals surface area contributed by atoms with Crippen LogP contribution in [-0.4, -0.2) is 5.91 Å². The Kier molecular flexibility index (Phi) is 5.90. The molecule has 114 valence electrons. The van der Waals surface area contributed by atoms with Crippen molar-refractivity contribution in [2.75, 3.05) is 5.32 Å². The van der Waals surface area contributed by atoms with Gasteiger partial charge >= 0.3 is 0 Å². The van der Waals surface area contributed by atoms with Crippen LogP contribution in [-0.2, 0) is 4.79 Å². The van der Waals surface area contributed by atoms with E-state index >= 15 is 0 Å². The minimum atomic E-state index is -0.435. The SMILES string of the molecule is Cc1ccc(NC(=O)/C(C#N)=C/C(Br)=C/c2ccccc2)cc1. The van der Waals surface area contributed by atoms with Gasteiger partial charge in [-0.2, -0.15) is 5.26 Å². The topological polar surface area (TPSA) is 52.9 Å². The molecule has 23 heavy (non-hydrogen) atoms. The summed E-state index contributed by atoms with van der Waals surface area (Å²) in [6.45, 7) is 1.97. The minimum absolute atomic E-state index is 0.0321. The van der Waals surface area contributed by atoms with E-state index in [4.69, 9.17) is 0 Å². The standard InChI is InChI=1S/C19H15BrN2O/c1-14-7-9-18(10-8-14)22-19(23)16(13-21)12-17(20)11-15-5-3-2-4-6-15/h2-12H,1H3,(H,22,23)/b16-12+,17-11-. The monoisotopic (exact) mass is 366 g/mol. The van der Waals surface area contributed by atoms with Gasteiger partial charge in [-0.15, -0.1) is 0 Å². The molecule has 3 nitrogen and oxygen atoms in total. The van der Waals surface area contributed by atoms with E-state index in [1.54, 1.807) is 12.1 Å². The van der Waals surface area contributed by atoms with Gasteiger partial charge in [0, 0.05) is 10.2 Å². The number of nitrogens with one attached hydrogen (secondary N) is 1. The highest BCUT2D eigenvalue weighted by molar-refractivity contribution is 9.12. The van der Waals surface area contributed by atoms with Crippen LogP contribution in [0.4, 0.5) is 5.69 Å². The quantitative estimate of drug-likeness (QED) is 0.479. The molecule has 4 heteroatoms. The normalized spacial score (nSPS) is 11.7. The maximum atomic E-state index is 12.2. The van der Waals surface area contributed by atoms with Crippen molar-refractivity contribution in [2.24, 2.45) is 0 Å². The Labute approximate surface area is 144 Å². The van der Waals surface area contributed by atoms with Gasteiger partial charge in [-0.1, -0.05) is 64.0 Å². The minimum Gasteiger partial charge on any atom is -0.321 e. The van der Waals surface area contributed by atoms with Crippen molar-refractivity contribution in [3.05, 3.63) is 81.9 Å². The Morgan fingerprint density at radius 3 is 2.39 bits per heavy atom. The molecular formula is C19H15BrN2O. The summed E-state index contributed by atoms with van der Waals surface area (Å²) in [6.07, 6.45) is 3.35. The summed E-state index contributed by atoms with van der Waals surface area (Å²) in [6, 6.07) is 19.0. The van der Waals surface area contributed by atoms with Crippen molar-refractivity contribution >= 4 is 33.6 Å². The van der Waals surface area contributed by atoms with Crippen LogP contribution in [0.3, 0.4) is 0 Å². The van der Waals surface area contributed by atoms with E-state index in [-0.39, 0.29) is 5.57 Å². The van der Waals surface area contributed by atoms with E-state index in [0.717, 1.165) is 11.1 Å². The molecule has 1 amide bonds. The number of benzene rings is 2. The number of allylic oxidation sites excluding steroid dienone is 2. The second-order valence-corrected chi connectivity index (χ2v) is 5.85. The number of nitriles is 1. The summed E-state index contributed by atoms with van der Waals surface area (Å²) in [5.74, 6) is -0.435. The number of aryl methyl sites for hydroxylation is 1. The third-order valence-electron chi connectivity index (χ3n) is 3.06. The fraction of sp³-hybridized carbons (Fsp3) is 0.0526. The maximum Gasteiger partial charge on any atom is 0.266 e. The van der Waals surface area contributed by atoms with Gasteiger partial charge in [-0.25, -0.2) is 0 Å². The van der Waals surface area contributed by atoms with Crippen LogP contribution >= 0.6 is 15.9 Å².